The summed E-state index contributed by atoms with van der Waals surface area (Å²) in [4.78, 5) is 30.4. The predicted molar refractivity (Wildman–Crippen MR) is 199 cm³/mol. The SMILES string of the molecule is Cc1ccc(CN(C(=O)CN(c2ccc(C34CC5CC(CC(C5)C3)C4)cc2)S(C)(=O)=O)[C@@H](Cc2ccccc2)C(=O)NC2CCCCC2)cc1. The van der Waals surface area contributed by atoms with Gasteiger partial charge < -0.3 is 10.2 Å². The Morgan fingerprint density at radius 2 is 1.40 bits per heavy atom. The zero-order valence-corrected chi connectivity index (χ0v) is 30.5. The fourth-order valence-corrected chi connectivity index (χ4v) is 10.9. The molecular weight excluding hydrogens is 643 g/mol. The van der Waals surface area contributed by atoms with Gasteiger partial charge in [-0.1, -0.05) is 91.6 Å². The van der Waals surface area contributed by atoms with E-state index in [1.54, 1.807) is 4.90 Å². The standard InChI is InChI=1S/C42H53N3O4S/c1-30-13-15-32(16-14-30)28-44(39(24-31-9-5-3-6-10-31)41(47)43-37-11-7-4-8-12-37)40(46)29-45(50(2,48)49)38-19-17-36(18-20-38)42-25-33-21-34(26-42)23-35(22-33)27-42/h3,5-6,9-10,13-20,33-35,37,39H,4,7-8,11-12,21-29H2,1-2H3,(H,43,47)/t33?,34?,35?,39-,42?/m0/s1. The molecule has 7 nitrogen and oxygen atoms in total. The monoisotopic (exact) mass is 695 g/mol. The van der Waals surface area contributed by atoms with Crippen LogP contribution in [0.5, 0.6) is 0 Å². The summed E-state index contributed by atoms with van der Waals surface area (Å²) in [5, 5.41) is 3.28. The van der Waals surface area contributed by atoms with E-state index in [0.29, 0.717) is 12.1 Å². The van der Waals surface area contributed by atoms with Crippen molar-refractivity contribution in [3.8, 4) is 0 Å². The summed E-state index contributed by atoms with van der Waals surface area (Å²) in [6.45, 7) is 1.82. The van der Waals surface area contributed by atoms with E-state index >= 15 is 0 Å². The first-order valence-electron chi connectivity index (χ1n) is 18.8. The van der Waals surface area contributed by atoms with Crippen LogP contribution >= 0.6 is 0 Å². The van der Waals surface area contributed by atoms with Gasteiger partial charge in [-0.25, -0.2) is 8.42 Å². The second kappa shape index (κ2) is 14.5. The highest BCUT2D eigenvalue weighted by atomic mass is 32.2. The molecule has 1 atom stereocenters. The number of anilines is 1. The van der Waals surface area contributed by atoms with Crippen LogP contribution < -0.4 is 9.62 Å². The number of benzene rings is 3. The second-order valence-corrected chi connectivity index (χ2v) is 18.0. The highest BCUT2D eigenvalue weighted by molar-refractivity contribution is 7.92. The van der Waals surface area contributed by atoms with Crippen molar-refractivity contribution in [2.45, 2.75) is 108 Å². The highest BCUT2D eigenvalue weighted by Crippen LogP contribution is 2.60. The van der Waals surface area contributed by atoms with Crippen molar-refractivity contribution in [1.82, 2.24) is 10.2 Å². The second-order valence-electron chi connectivity index (χ2n) is 16.1. The number of hydrogen-bond acceptors (Lipinski definition) is 4. The lowest BCUT2D eigenvalue weighted by molar-refractivity contribution is -0.140. The number of carbonyl (C=O) groups is 2. The van der Waals surface area contributed by atoms with Crippen LogP contribution in [0.3, 0.4) is 0 Å². The molecule has 266 valence electrons. The average Bonchev–Trinajstić information content (AvgIpc) is 3.09. The number of amides is 2. The Labute approximate surface area is 298 Å². The molecule has 8 heteroatoms. The van der Waals surface area contributed by atoms with Gasteiger partial charge >= 0.3 is 0 Å². The van der Waals surface area contributed by atoms with Crippen LogP contribution in [-0.4, -0.2) is 50.0 Å². The fraction of sp³-hybridized carbons (Fsp3) is 0.524. The minimum atomic E-state index is -3.83. The summed E-state index contributed by atoms with van der Waals surface area (Å²) in [7, 11) is -3.83. The molecule has 3 aromatic rings. The van der Waals surface area contributed by atoms with Crippen molar-refractivity contribution in [2.75, 3.05) is 17.1 Å². The Kier molecular flexibility index (Phi) is 10.1. The molecule has 50 heavy (non-hydrogen) atoms. The number of hydrogen-bond donors (Lipinski definition) is 1. The van der Waals surface area contributed by atoms with Crippen molar-refractivity contribution in [3.63, 3.8) is 0 Å². The van der Waals surface area contributed by atoms with Gasteiger partial charge in [0.1, 0.15) is 12.6 Å². The van der Waals surface area contributed by atoms with Crippen LogP contribution in [-0.2, 0) is 38.0 Å². The van der Waals surface area contributed by atoms with E-state index in [2.05, 4.69) is 17.4 Å². The Morgan fingerprint density at radius 3 is 1.98 bits per heavy atom. The van der Waals surface area contributed by atoms with Gasteiger partial charge in [0.25, 0.3) is 0 Å². The number of carbonyl (C=O) groups excluding carboxylic acids is 2. The number of nitrogens with one attached hydrogen (secondary N) is 1. The fourth-order valence-electron chi connectivity index (χ4n) is 10.0. The van der Waals surface area contributed by atoms with Gasteiger partial charge in [-0.2, -0.15) is 0 Å². The third-order valence-electron chi connectivity index (χ3n) is 12.2. The highest BCUT2D eigenvalue weighted by Gasteiger charge is 2.51. The minimum Gasteiger partial charge on any atom is -0.352 e. The molecular formula is C42H53N3O4S. The molecule has 0 heterocycles. The molecule has 5 aliphatic rings. The first-order valence-corrected chi connectivity index (χ1v) is 20.7. The van der Waals surface area contributed by atoms with E-state index < -0.39 is 22.0 Å². The van der Waals surface area contributed by atoms with Crippen molar-refractivity contribution < 1.29 is 18.0 Å². The van der Waals surface area contributed by atoms with Gasteiger partial charge in [0, 0.05) is 19.0 Å². The summed E-state index contributed by atoms with van der Waals surface area (Å²) in [5.74, 6) is 1.84. The maximum atomic E-state index is 14.6. The normalized spacial score (nSPS) is 25.2. The zero-order valence-electron chi connectivity index (χ0n) is 29.7. The largest absolute Gasteiger partial charge is 0.352 e. The molecule has 8 rings (SSSR count). The van der Waals surface area contributed by atoms with Crippen LogP contribution in [0.4, 0.5) is 5.69 Å². The molecule has 1 N–H and O–H groups in total. The predicted octanol–water partition coefficient (Wildman–Crippen LogP) is 7.32. The van der Waals surface area contributed by atoms with Gasteiger partial charge in [-0.3, -0.25) is 13.9 Å². The van der Waals surface area contributed by atoms with Gasteiger partial charge in [0.15, 0.2) is 0 Å². The smallest absolute Gasteiger partial charge is 0.244 e. The Bertz CT molecular complexity index is 1720. The number of sulfonamides is 1. The molecule has 0 aliphatic heterocycles. The molecule has 3 aromatic carbocycles. The maximum absolute atomic E-state index is 14.6. The molecule has 5 aliphatic carbocycles. The van der Waals surface area contributed by atoms with E-state index in [9.17, 15) is 18.0 Å². The van der Waals surface area contributed by atoms with Crippen LogP contribution in [0.15, 0.2) is 78.9 Å². The number of nitrogens with zero attached hydrogens (tertiary/aromatic N) is 2. The van der Waals surface area contributed by atoms with Gasteiger partial charge in [0.05, 0.1) is 11.9 Å². The molecule has 2 amide bonds. The van der Waals surface area contributed by atoms with E-state index in [1.807, 2.05) is 73.7 Å². The molecule has 4 bridgehead atoms. The zero-order chi connectivity index (χ0) is 34.9. The molecule has 5 fully saturated rings. The molecule has 0 saturated heterocycles. The minimum absolute atomic E-state index is 0.0749. The lowest BCUT2D eigenvalue weighted by atomic mass is 9.48. The van der Waals surface area contributed by atoms with Gasteiger partial charge in [-0.05, 0) is 110 Å². The van der Waals surface area contributed by atoms with Gasteiger partial charge in [-0.15, -0.1) is 0 Å². The van der Waals surface area contributed by atoms with E-state index in [-0.39, 0.29) is 30.5 Å². The van der Waals surface area contributed by atoms with Crippen molar-refractivity contribution >= 4 is 27.5 Å². The third kappa shape index (κ3) is 7.80. The van der Waals surface area contributed by atoms with Crippen molar-refractivity contribution in [1.29, 1.82) is 0 Å². The summed E-state index contributed by atoms with van der Waals surface area (Å²) in [6, 6.07) is 25.0. The average molecular weight is 696 g/mol. The Balaban J connectivity index is 1.18. The van der Waals surface area contributed by atoms with E-state index in [4.69, 9.17) is 0 Å². The molecule has 5 saturated carbocycles. The quantitative estimate of drug-likeness (QED) is 0.215. The first kappa shape index (κ1) is 34.8. The summed E-state index contributed by atoms with van der Waals surface area (Å²) < 4.78 is 28.1. The molecule has 0 aromatic heterocycles. The van der Waals surface area contributed by atoms with Crippen molar-refractivity contribution in [2.24, 2.45) is 17.8 Å². The topological polar surface area (TPSA) is 86.8 Å². The third-order valence-corrected chi connectivity index (χ3v) is 13.3. The number of rotatable bonds is 12. The number of aryl methyl sites for hydroxylation is 1. The first-order chi connectivity index (χ1) is 24.0. The Hall–Kier alpha value is -3.65. The lowest BCUT2D eigenvalue weighted by Gasteiger charge is -2.57. The van der Waals surface area contributed by atoms with Crippen LogP contribution in [0.1, 0.15) is 92.9 Å². The van der Waals surface area contributed by atoms with Crippen LogP contribution in [0, 0.1) is 24.7 Å². The van der Waals surface area contributed by atoms with E-state index in [0.717, 1.165) is 66.4 Å². The summed E-state index contributed by atoms with van der Waals surface area (Å²) in [6.07, 6.45) is 14.4. The van der Waals surface area contributed by atoms with Gasteiger partial charge in [0.2, 0.25) is 21.8 Å². The molecule has 0 radical (unpaired) electrons. The van der Waals surface area contributed by atoms with E-state index in [1.165, 1.54) is 54.8 Å². The molecule has 0 spiro atoms. The van der Waals surface area contributed by atoms with Crippen molar-refractivity contribution in [3.05, 3.63) is 101 Å². The summed E-state index contributed by atoms with van der Waals surface area (Å²) in [5.41, 5.74) is 4.92. The Morgan fingerprint density at radius 1 is 0.800 bits per heavy atom. The maximum Gasteiger partial charge on any atom is 0.244 e. The van der Waals surface area contributed by atoms with Crippen LogP contribution in [0.25, 0.3) is 0 Å². The van der Waals surface area contributed by atoms with Crippen LogP contribution in [0.2, 0.25) is 0 Å². The summed E-state index contributed by atoms with van der Waals surface area (Å²) >= 11 is 0. The lowest BCUT2D eigenvalue weighted by Crippen LogP contribution is -2.55. The molecule has 0 unspecified atom stereocenters.